The topological polar surface area (TPSA) is 80.3 Å². The SMILES string of the molecule is O=C(COc1ccccc1-c1ccccc1)NNC(=O)c1ccnc(Cl)c1. The van der Waals surface area contributed by atoms with E-state index in [1.54, 1.807) is 6.07 Å². The second-order valence-electron chi connectivity index (χ2n) is 5.52. The van der Waals surface area contributed by atoms with E-state index in [-0.39, 0.29) is 17.3 Å². The molecule has 136 valence electrons. The minimum absolute atomic E-state index is 0.190. The second kappa shape index (κ2) is 8.82. The fourth-order valence-electron chi connectivity index (χ4n) is 2.37. The van der Waals surface area contributed by atoms with E-state index in [4.69, 9.17) is 16.3 Å². The Labute approximate surface area is 161 Å². The van der Waals surface area contributed by atoms with Gasteiger partial charge in [0.05, 0.1) is 0 Å². The number of carbonyl (C=O) groups is 2. The highest BCUT2D eigenvalue weighted by molar-refractivity contribution is 6.29. The first-order valence-corrected chi connectivity index (χ1v) is 8.49. The molecule has 0 atom stereocenters. The molecular weight excluding hydrogens is 366 g/mol. The minimum Gasteiger partial charge on any atom is -0.483 e. The summed E-state index contributed by atoms with van der Waals surface area (Å²) in [5, 5.41) is 0.190. The van der Waals surface area contributed by atoms with Crippen LogP contribution in [-0.4, -0.2) is 23.4 Å². The summed E-state index contributed by atoms with van der Waals surface area (Å²) in [6.45, 7) is -0.249. The van der Waals surface area contributed by atoms with Crippen molar-refractivity contribution in [3.8, 4) is 16.9 Å². The van der Waals surface area contributed by atoms with Crippen LogP contribution in [0.4, 0.5) is 0 Å². The Bertz CT molecular complexity index is 948. The van der Waals surface area contributed by atoms with Crippen molar-refractivity contribution in [1.29, 1.82) is 0 Å². The molecule has 0 saturated heterocycles. The van der Waals surface area contributed by atoms with Gasteiger partial charge in [0.1, 0.15) is 10.9 Å². The molecule has 7 heteroatoms. The molecule has 0 aliphatic heterocycles. The van der Waals surface area contributed by atoms with E-state index in [0.29, 0.717) is 5.75 Å². The monoisotopic (exact) mass is 381 g/mol. The molecule has 0 unspecified atom stereocenters. The average Bonchev–Trinajstić information content (AvgIpc) is 2.71. The molecule has 2 N–H and O–H groups in total. The van der Waals surface area contributed by atoms with Crippen molar-refractivity contribution in [2.24, 2.45) is 0 Å². The molecule has 0 aliphatic carbocycles. The highest BCUT2D eigenvalue weighted by Gasteiger charge is 2.10. The molecule has 0 spiro atoms. The van der Waals surface area contributed by atoms with Crippen LogP contribution < -0.4 is 15.6 Å². The van der Waals surface area contributed by atoms with Gasteiger partial charge in [-0.3, -0.25) is 20.4 Å². The summed E-state index contributed by atoms with van der Waals surface area (Å²) in [5.74, 6) is -0.421. The van der Waals surface area contributed by atoms with Gasteiger partial charge in [-0.05, 0) is 23.8 Å². The minimum atomic E-state index is -0.502. The first-order chi connectivity index (χ1) is 13.1. The molecule has 2 aromatic carbocycles. The fraction of sp³-hybridized carbons (Fsp3) is 0.0500. The Balaban J connectivity index is 1.56. The van der Waals surface area contributed by atoms with Crippen molar-refractivity contribution < 1.29 is 14.3 Å². The smallest absolute Gasteiger partial charge is 0.276 e. The average molecular weight is 382 g/mol. The first kappa shape index (κ1) is 18.4. The second-order valence-corrected chi connectivity index (χ2v) is 5.91. The van der Waals surface area contributed by atoms with E-state index in [0.717, 1.165) is 11.1 Å². The van der Waals surface area contributed by atoms with Gasteiger partial charge >= 0.3 is 0 Å². The van der Waals surface area contributed by atoms with E-state index < -0.39 is 11.8 Å². The third-order valence-electron chi connectivity index (χ3n) is 3.63. The normalized spacial score (nSPS) is 10.1. The van der Waals surface area contributed by atoms with E-state index in [2.05, 4.69) is 15.8 Å². The summed E-state index contributed by atoms with van der Waals surface area (Å²) in [6, 6.07) is 20.0. The zero-order valence-electron chi connectivity index (χ0n) is 14.2. The fourth-order valence-corrected chi connectivity index (χ4v) is 2.54. The number of nitrogens with zero attached hydrogens (tertiary/aromatic N) is 1. The number of hydrogen-bond donors (Lipinski definition) is 2. The van der Waals surface area contributed by atoms with Crippen LogP contribution in [0.3, 0.4) is 0 Å². The molecule has 3 rings (SSSR count). The predicted molar refractivity (Wildman–Crippen MR) is 102 cm³/mol. The molecule has 0 saturated carbocycles. The number of amides is 2. The maximum absolute atomic E-state index is 12.0. The molecule has 2 amide bonds. The third-order valence-corrected chi connectivity index (χ3v) is 3.84. The Kier molecular flexibility index (Phi) is 6.02. The van der Waals surface area contributed by atoms with Crippen LogP contribution in [0.25, 0.3) is 11.1 Å². The quantitative estimate of drug-likeness (QED) is 0.525. The van der Waals surface area contributed by atoms with Crippen molar-refractivity contribution in [1.82, 2.24) is 15.8 Å². The largest absolute Gasteiger partial charge is 0.483 e. The number of aromatic nitrogens is 1. The van der Waals surface area contributed by atoms with Crippen molar-refractivity contribution in [2.75, 3.05) is 6.61 Å². The molecular formula is C20H16ClN3O3. The van der Waals surface area contributed by atoms with Crippen LogP contribution in [0, 0.1) is 0 Å². The van der Waals surface area contributed by atoms with E-state index >= 15 is 0 Å². The maximum Gasteiger partial charge on any atom is 0.276 e. The molecule has 0 fully saturated rings. The van der Waals surface area contributed by atoms with E-state index in [1.165, 1.54) is 18.3 Å². The van der Waals surface area contributed by atoms with Gasteiger partial charge in [0.15, 0.2) is 6.61 Å². The Morgan fingerprint density at radius 3 is 2.48 bits per heavy atom. The van der Waals surface area contributed by atoms with Gasteiger partial charge in [-0.2, -0.15) is 0 Å². The zero-order valence-corrected chi connectivity index (χ0v) is 14.9. The summed E-state index contributed by atoms with van der Waals surface area (Å²) < 4.78 is 5.62. The van der Waals surface area contributed by atoms with Gasteiger partial charge in [0.25, 0.3) is 11.8 Å². The van der Waals surface area contributed by atoms with Gasteiger partial charge in [0.2, 0.25) is 0 Å². The highest BCUT2D eigenvalue weighted by atomic mass is 35.5. The lowest BCUT2D eigenvalue weighted by molar-refractivity contribution is -0.123. The van der Waals surface area contributed by atoms with Gasteiger partial charge in [-0.15, -0.1) is 0 Å². The molecule has 27 heavy (non-hydrogen) atoms. The molecule has 3 aromatic rings. The van der Waals surface area contributed by atoms with Crippen LogP contribution in [0.2, 0.25) is 5.15 Å². The van der Waals surface area contributed by atoms with E-state index in [1.807, 2.05) is 48.5 Å². The number of ether oxygens (including phenoxy) is 1. The van der Waals surface area contributed by atoms with E-state index in [9.17, 15) is 9.59 Å². The van der Waals surface area contributed by atoms with Gasteiger partial charge in [-0.25, -0.2) is 4.98 Å². The number of nitrogens with one attached hydrogen (secondary N) is 2. The van der Waals surface area contributed by atoms with Crippen molar-refractivity contribution in [3.63, 3.8) is 0 Å². The van der Waals surface area contributed by atoms with Crippen molar-refractivity contribution in [2.45, 2.75) is 0 Å². The number of rotatable bonds is 5. The first-order valence-electron chi connectivity index (χ1n) is 8.11. The van der Waals surface area contributed by atoms with Crippen LogP contribution in [0.5, 0.6) is 5.75 Å². The number of halogens is 1. The number of para-hydroxylation sites is 1. The lowest BCUT2D eigenvalue weighted by Crippen LogP contribution is -2.43. The van der Waals surface area contributed by atoms with Gasteiger partial charge < -0.3 is 4.74 Å². The Morgan fingerprint density at radius 2 is 1.70 bits per heavy atom. The van der Waals surface area contributed by atoms with Crippen LogP contribution >= 0.6 is 11.6 Å². The van der Waals surface area contributed by atoms with Crippen molar-refractivity contribution in [3.05, 3.63) is 83.6 Å². The number of pyridine rings is 1. The van der Waals surface area contributed by atoms with Crippen LogP contribution in [0.15, 0.2) is 72.9 Å². The summed E-state index contributed by atoms with van der Waals surface area (Å²) in [4.78, 5) is 27.7. The van der Waals surface area contributed by atoms with Gasteiger partial charge in [0, 0.05) is 17.3 Å². The standard InChI is InChI=1S/C20H16ClN3O3/c21-18-12-15(10-11-22-18)20(26)24-23-19(25)13-27-17-9-5-4-8-16(17)14-6-2-1-3-7-14/h1-12H,13H2,(H,23,25)(H,24,26). The number of hydrazine groups is 1. The summed E-state index contributed by atoms with van der Waals surface area (Å²) in [5.41, 5.74) is 6.75. The summed E-state index contributed by atoms with van der Waals surface area (Å²) >= 11 is 5.74. The van der Waals surface area contributed by atoms with Crippen LogP contribution in [-0.2, 0) is 4.79 Å². The predicted octanol–water partition coefficient (Wildman–Crippen LogP) is 3.24. The lowest BCUT2D eigenvalue weighted by Gasteiger charge is -2.12. The molecule has 6 nitrogen and oxygen atoms in total. The highest BCUT2D eigenvalue weighted by Crippen LogP contribution is 2.29. The molecule has 0 radical (unpaired) electrons. The molecule has 0 bridgehead atoms. The Morgan fingerprint density at radius 1 is 0.963 bits per heavy atom. The van der Waals surface area contributed by atoms with Gasteiger partial charge in [-0.1, -0.05) is 60.1 Å². The Hall–Kier alpha value is -3.38. The lowest BCUT2D eigenvalue weighted by atomic mass is 10.1. The third kappa shape index (κ3) is 5.05. The molecule has 1 aromatic heterocycles. The zero-order chi connectivity index (χ0) is 19.1. The van der Waals surface area contributed by atoms with Crippen LogP contribution in [0.1, 0.15) is 10.4 Å². The number of carbonyl (C=O) groups excluding carboxylic acids is 2. The summed E-state index contributed by atoms with van der Waals surface area (Å²) in [6.07, 6.45) is 1.41. The van der Waals surface area contributed by atoms with Crippen molar-refractivity contribution >= 4 is 23.4 Å². The molecule has 0 aliphatic rings. The maximum atomic E-state index is 12.0. The number of benzene rings is 2. The summed E-state index contributed by atoms with van der Waals surface area (Å²) in [7, 11) is 0. The molecule has 1 heterocycles. The number of hydrogen-bond acceptors (Lipinski definition) is 4.